The molecule has 2 rings (SSSR count). The second kappa shape index (κ2) is 6.90. The van der Waals surface area contributed by atoms with Crippen LogP contribution in [0.3, 0.4) is 0 Å². The van der Waals surface area contributed by atoms with Crippen LogP contribution in [0.15, 0.2) is 48.5 Å². The van der Waals surface area contributed by atoms with E-state index in [9.17, 15) is 22.8 Å². The van der Waals surface area contributed by atoms with Crippen LogP contribution in [-0.2, 0) is 0 Å². The van der Waals surface area contributed by atoms with Gasteiger partial charge in [0, 0.05) is 5.69 Å². The molecular formula is C15H11F3N2O4. The highest BCUT2D eigenvalue weighted by Gasteiger charge is 2.32. The van der Waals surface area contributed by atoms with Gasteiger partial charge in [0.1, 0.15) is 0 Å². The number of carboxylic acids is 1. The first-order valence-corrected chi connectivity index (χ1v) is 6.51. The lowest BCUT2D eigenvalue weighted by Crippen LogP contribution is -2.22. The first kappa shape index (κ1) is 17.1. The van der Waals surface area contributed by atoms with Crippen LogP contribution in [0, 0.1) is 0 Å². The summed E-state index contributed by atoms with van der Waals surface area (Å²) in [6, 6.07) is 9.56. The van der Waals surface area contributed by atoms with E-state index in [4.69, 9.17) is 5.11 Å². The summed E-state index contributed by atoms with van der Waals surface area (Å²) in [6.07, 6.45) is -4.90. The number of urea groups is 1. The number of carboxylic acid groups (broad SMARTS) is 1. The topological polar surface area (TPSA) is 87.7 Å². The van der Waals surface area contributed by atoms with Crippen molar-refractivity contribution < 1.29 is 32.6 Å². The number of hydrogen-bond donors (Lipinski definition) is 3. The molecule has 0 fully saturated rings. The van der Waals surface area contributed by atoms with Gasteiger partial charge in [-0.3, -0.25) is 0 Å². The molecule has 6 nitrogen and oxygen atoms in total. The number of amides is 2. The second-order valence-corrected chi connectivity index (χ2v) is 4.51. The van der Waals surface area contributed by atoms with Crippen LogP contribution < -0.4 is 15.4 Å². The molecule has 0 bridgehead atoms. The summed E-state index contributed by atoms with van der Waals surface area (Å²) in [6.45, 7) is 0. The van der Waals surface area contributed by atoms with Crippen LogP contribution in [-0.4, -0.2) is 23.5 Å². The molecule has 0 saturated carbocycles. The van der Waals surface area contributed by atoms with Gasteiger partial charge in [-0.05, 0) is 30.3 Å². The van der Waals surface area contributed by atoms with Gasteiger partial charge in [-0.2, -0.15) is 0 Å². The summed E-state index contributed by atoms with van der Waals surface area (Å²) in [7, 11) is 0. The summed E-state index contributed by atoms with van der Waals surface area (Å²) in [5, 5.41) is 13.4. The van der Waals surface area contributed by atoms with Gasteiger partial charge in [-0.1, -0.05) is 18.2 Å². The Bertz CT molecular complexity index is 762. The number of para-hydroxylation sites is 2. The van der Waals surface area contributed by atoms with Crippen molar-refractivity contribution in [1.82, 2.24) is 0 Å². The Morgan fingerprint density at radius 3 is 2.38 bits per heavy atom. The van der Waals surface area contributed by atoms with Gasteiger partial charge in [0.2, 0.25) is 0 Å². The molecule has 0 atom stereocenters. The highest BCUT2D eigenvalue weighted by atomic mass is 19.4. The highest BCUT2D eigenvalue weighted by Crippen LogP contribution is 2.30. The molecule has 0 heterocycles. The highest BCUT2D eigenvalue weighted by molar-refractivity contribution is 6.01. The number of anilines is 2. The van der Waals surface area contributed by atoms with E-state index in [0.29, 0.717) is 0 Å². The van der Waals surface area contributed by atoms with Crippen LogP contribution in [0.25, 0.3) is 0 Å². The molecule has 0 aliphatic heterocycles. The molecule has 9 heteroatoms. The third-order valence-electron chi connectivity index (χ3n) is 2.73. The smallest absolute Gasteiger partial charge is 0.478 e. The summed E-state index contributed by atoms with van der Waals surface area (Å²) in [4.78, 5) is 22.7. The second-order valence-electron chi connectivity index (χ2n) is 4.51. The average molecular weight is 340 g/mol. The quantitative estimate of drug-likeness (QED) is 0.787. The maximum atomic E-state index is 12.3. The maximum absolute atomic E-state index is 12.3. The van der Waals surface area contributed by atoms with Crippen molar-refractivity contribution in [2.75, 3.05) is 10.6 Å². The van der Waals surface area contributed by atoms with Crippen LogP contribution >= 0.6 is 0 Å². The molecule has 126 valence electrons. The molecular weight excluding hydrogens is 329 g/mol. The molecule has 0 aliphatic rings. The Hall–Kier alpha value is -3.23. The van der Waals surface area contributed by atoms with E-state index in [-0.39, 0.29) is 16.9 Å². The molecule has 0 unspecified atom stereocenters. The fourth-order valence-corrected chi connectivity index (χ4v) is 1.80. The minimum absolute atomic E-state index is 0.0476. The van der Waals surface area contributed by atoms with Gasteiger partial charge in [0.15, 0.2) is 5.75 Å². The average Bonchev–Trinajstić information content (AvgIpc) is 2.48. The molecule has 0 aliphatic carbocycles. The molecule has 24 heavy (non-hydrogen) atoms. The Balaban J connectivity index is 2.10. The van der Waals surface area contributed by atoms with Gasteiger partial charge in [-0.15, -0.1) is 13.2 Å². The molecule has 0 saturated heterocycles. The SMILES string of the molecule is O=C(Nc1cccc(C(=O)O)c1)Nc1ccccc1OC(F)(F)F. The fraction of sp³-hybridized carbons (Fsp3) is 0.0667. The molecule has 2 amide bonds. The Morgan fingerprint density at radius 1 is 1.00 bits per heavy atom. The van der Waals surface area contributed by atoms with Crippen LogP contribution in [0.5, 0.6) is 5.75 Å². The van der Waals surface area contributed by atoms with Gasteiger partial charge in [0.05, 0.1) is 11.3 Å². The standard InChI is InChI=1S/C15H11F3N2O4/c16-15(17,18)24-12-7-2-1-6-11(12)20-14(23)19-10-5-3-4-9(8-10)13(21)22/h1-8H,(H,21,22)(H2,19,20,23). The first-order chi connectivity index (χ1) is 11.2. The van der Waals surface area contributed by atoms with Crippen LogP contribution in [0.1, 0.15) is 10.4 Å². The van der Waals surface area contributed by atoms with Gasteiger partial charge < -0.3 is 20.5 Å². The Morgan fingerprint density at radius 2 is 1.71 bits per heavy atom. The van der Waals surface area contributed by atoms with E-state index in [2.05, 4.69) is 15.4 Å². The van der Waals surface area contributed by atoms with Gasteiger partial charge >= 0.3 is 18.4 Å². The predicted molar refractivity (Wildman–Crippen MR) is 79.2 cm³/mol. The summed E-state index contributed by atoms with van der Waals surface area (Å²) in [5.74, 6) is -1.75. The zero-order valence-electron chi connectivity index (χ0n) is 11.9. The zero-order valence-corrected chi connectivity index (χ0v) is 11.9. The van der Waals surface area contributed by atoms with E-state index >= 15 is 0 Å². The number of nitrogens with one attached hydrogen (secondary N) is 2. The molecule has 0 aromatic heterocycles. The number of halogens is 3. The van der Waals surface area contributed by atoms with E-state index in [0.717, 1.165) is 6.07 Å². The number of carbonyl (C=O) groups excluding carboxylic acids is 1. The Labute approximate surface area is 133 Å². The van der Waals surface area contributed by atoms with E-state index in [1.807, 2.05) is 0 Å². The largest absolute Gasteiger partial charge is 0.573 e. The number of aromatic carboxylic acids is 1. The van der Waals surface area contributed by atoms with Crippen molar-refractivity contribution in [3.05, 3.63) is 54.1 Å². The van der Waals surface area contributed by atoms with Gasteiger partial charge in [0.25, 0.3) is 0 Å². The number of rotatable bonds is 4. The van der Waals surface area contributed by atoms with E-state index < -0.39 is 24.1 Å². The first-order valence-electron chi connectivity index (χ1n) is 6.51. The molecule has 0 radical (unpaired) electrons. The van der Waals surface area contributed by atoms with E-state index in [1.54, 1.807) is 0 Å². The lowest BCUT2D eigenvalue weighted by atomic mass is 10.2. The van der Waals surface area contributed by atoms with Crippen molar-refractivity contribution in [1.29, 1.82) is 0 Å². The monoisotopic (exact) mass is 340 g/mol. The van der Waals surface area contributed by atoms with Crippen molar-refractivity contribution in [3.8, 4) is 5.75 Å². The number of carbonyl (C=O) groups is 2. The molecule has 2 aromatic rings. The fourth-order valence-electron chi connectivity index (χ4n) is 1.80. The lowest BCUT2D eigenvalue weighted by molar-refractivity contribution is -0.274. The van der Waals surface area contributed by atoms with Crippen LogP contribution in [0.4, 0.5) is 29.3 Å². The molecule has 0 spiro atoms. The van der Waals surface area contributed by atoms with Crippen molar-refractivity contribution in [2.24, 2.45) is 0 Å². The minimum Gasteiger partial charge on any atom is -0.478 e. The summed E-state index contributed by atoms with van der Waals surface area (Å²) >= 11 is 0. The maximum Gasteiger partial charge on any atom is 0.573 e. The zero-order chi connectivity index (χ0) is 17.7. The van der Waals surface area contributed by atoms with Crippen molar-refractivity contribution in [3.63, 3.8) is 0 Å². The number of benzene rings is 2. The Kier molecular flexibility index (Phi) is 4.93. The third kappa shape index (κ3) is 4.90. The summed E-state index contributed by atoms with van der Waals surface area (Å²) < 4.78 is 40.8. The van der Waals surface area contributed by atoms with Crippen LogP contribution in [0.2, 0.25) is 0 Å². The molecule has 2 aromatic carbocycles. The predicted octanol–water partition coefficient (Wildman–Crippen LogP) is 3.93. The normalized spacial score (nSPS) is 10.8. The third-order valence-corrected chi connectivity index (χ3v) is 2.73. The number of ether oxygens (including phenoxy) is 1. The lowest BCUT2D eigenvalue weighted by Gasteiger charge is -2.14. The minimum atomic E-state index is -4.90. The number of hydrogen-bond acceptors (Lipinski definition) is 3. The van der Waals surface area contributed by atoms with E-state index in [1.165, 1.54) is 42.5 Å². The van der Waals surface area contributed by atoms with Gasteiger partial charge in [-0.25, -0.2) is 9.59 Å². The van der Waals surface area contributed by atoms with Crippen molar-refractivity contribution >= 4 is 23.4 Å². The van der Waals surface area contributed by atoms with Crippen molar-refractivity contribution in [2.45, 2.75) is 6.36 Å². The molecule has 3 N–H and O–H groups in total. The number of alkyl halides is 3. The summed E-state index contributed by atoms with van der Waals surface area (Å²) in [5.41, 5.74) is -0.0723.